The number of aryl methyl sites for hydroxylation is 1. The van der Waals surface area contributed by atoms with Crippen LogP contribution in [0.5, 0.6) is 0 Å². The molecule has 1 aromatic heterocycles. The normalized spacial score (nSPS) is 17.8. The highest BCUT2D eigenvalue weighted by atomic mass is 32.2. The maximum atomic E-state index is 12.1. The number of aliphatic hydroxyl groups is 1. The highest BCUT2D eigenvalue weighted by Gasteiger charge is 2.46. The van der Waals surface area contributed by atoms with Gasteiger partial charge in [0.25, 0.3) is 0 Å². The van der Waals surface area contributed by atoms with Crippen molar-refractivity contribution in [2.45, 2.75) is 174 Å². The molecule has 0 aliphatic rings. The largest absolute Gasteiger partial charge is 0.481 e. The van der Waals surface area contributed by atoms with Gasteiger partial charge in [0.15, 0.2) is 16.6 Å². The van der Waals surface area contributed by atoms with Crippen molar-refractivity contribution in [2.75, 3.05) is 0 Å². The van der Waals surface area contributed by atoms with E-state index in [9.17, 15) is 15.0 Å². The summed E-state index contributed by atoms with van der Waals surface area (Å²) in [4.78, 5) is 16.5. The zero-order valence-corrected chi connectivity index (χ0v) is 36.9. The number of nitrogens with zero attached hydrogens (tertiary/aromatic N) is 1. The van der Waals surface area contributed by atoms with Crippen molar-refractivity contribution in [3.05, 3.63) is 45.5 Å². The molecule has 0 bridgehead atoms. The zero-order valence-electron chi connectivity index (χ0n) is 33.3. The van der Waals surface area contributed by atoms with E-state index in [4.69, 9.17) is 8.85 Å². The van der Waals surface area contributed by atoms with E-state index in [0.29, 0.717) is 6.42 Å². The van der Waals surface area contributed by atoms with Gasteiger partial charge in [0, 0.05) is 21.3 Å². The van der Waals surface area contributed by atoms with E-state index in [1.54, 1.807) is 23.1 Å². The molecule has 0 saturated heterocycles. The Hall–Kier alpha value is -1.02. The predicted octanol–water partition coefficient (Wildman–Crippen LogP) is 11.3. The quantitative estimate of drug-likeness (QED) is 0.114. The summed E-state index contributed by atoms with van der Waals surface area (Å²) in [5, 5.41) is 23.8. The van der Waals surface area contributed by atoms with Crippen LogP contribution in [0.25, 0.3) is 6.08 Å². The van der Waals surface area contributed by atoms with Crippen LogP contribution in [-0.4, -0.2) is 66.1 Å². The first-order chi connectivity index (χ1) is 21.6. The van der Waals surface area contributed by atoms with E-state index >= 15 is 0 Å². The molecule has 1 rings (SSSR count). The van der Waals surface area contributed by atoms with Gasteiger partial charge in [-0.15, -0.1) is 23.1 Å². The lowest BCUT2D eigenvalue weighted by Gasteiger charge is -2.46. The van der Waals surface area contributed by atoms with Crippen LogP contribution >= 0.6 is 23.1 Å². The number of allylic oxidation sites excluding steroid dienone is 2. The molecule has 48 heavy (non-hydrogen) atoms. The van der Waals surface area contributed by atoms with E-state index < -0.39 is 39.6 Å². The smallest absolute Gasteiger partial charge is 0.305 e. The van der Waals surface area contributed by atoms with Crippen molar-refractivity contribution >= 4 is 51.8 Å². The summed E-state index contributed by atoms with van der Waals surface area (Å²) < 4.78 is 13.5. The van der Waals surface area contributed by atoms with Gasteiger partial charge in [-0.3, -0.25) is 4.79 Å². The Balaban J connectivity index is 3.20. The van der Waals surface area contributed by atoms with Crippen molar-refractivity contribution in [1.82, 2.24) is 4.98 Å². The van der Waals surface area contributed by atoms with Crippen LogP contribution < -0.4 is 0 Å². The lowest BCUT2D eigenvalue weighted by atomic mass is 10.00. The molecule has 0 fully saturated rings. The van der Waals surface area contributed by atoms with Gasteiger partial charge in [-0.1, -0.05) is 79.2 Å². The topological polar surface area (TPSA) is 88.9 Å². The van der Waals surface area contributed by atoms with Crippen molar-refractivity contribution in [2.24, 2.45) is 5.92 Å². The van der Waals surface area contributed by atoms with E-state index in [-0.39, 0.29) is 33.8 Å². The Morgan fingerprint density at radius 1 is 1.00 bits per heavy atom. The fourth-order valence-corrected chi connectivity index (χ4v) is 10.2. The molecule has 276 valence electrons. The molecular weight excluding hydrogens is 671 g/mol. The van der Waals surface area contributed by atoms with E-state index in [0.717, 1.165) is 22.7 Å². The molecule has 0 aromatic carbocycles. The summed E-state index contributed by atoms with van der Waals surface area (Å²) in [6.45, 7) is 37.2. The number of thiazole rings is 1. The lowest BCUT2D eigenvalue weighted by molar-refractivity contribution is -0.139. The third-order valence-corrected chi connectivity index (χ3v) is 21.5. The van der Waals surface area contributed by atoms with Gasteiger partial charge >= 0.3 is 5.97 Å². The van der Waals surface area contributed by atoms with Crippen LogP contribution in [0.3, 0.4) is 0 Å². The molecular formula is C38H69NO5S2Si2. The molecule has 10 heteroatoms. The Morgan fingerprint density at radius 2 is 1.54 bits per heavy atom. The summed E-state index contributed by atoms with van der Waals surface area (Å²) in [7, 11) is -4.34. The maximum absolute atomic E-state index is 12.1. The van der Waals surface area contributed by atoms with E-state index in [1.807, 2.05) is 25.3 Å². The monoisotopic (exact) mass is 739 g/mol. The number of carboxylic acid groups (broad SMARTS) is 1. The highest BCUT2D eigenvalue weighted by Crippen LogP contribution is 2.45. The molecule has 0 aliphatic heterocycles. The standard InChI is InChI=1S/C38H69NO5S2Si2/c1-26(21-22-32(40)28(3)23-31-25-45-30(5)39-31)19-18-20-27(2)35(44-48(16,17)37(9,10)11)29(4)46-38(12,13)33(24-34(41)42)43-47(14,15)36(6,7)8/h18,20-21,23,25,27,29,32-33,35,40H,19,22,24H2,1-17H3,(H,41,42)/b20-18-,26-21-,28-23+/t27-,29+,32-,33+,35-/m0/s1. The van der Waals surface area contributed by atoms with Gasteiger partial charge in [0.2, 0.25) is 0 Å². The lowest BCUT2D eigenvalue weighted by Crippen LogP contribution is -2.52. The summed E-state index contributed by atoms with van der Waals surface area (Å²) in [6.07, 6.45) is 8.90. The molecule has 2 N–H and O–H groups in total. The first-order valence-corrected chi connectivity index (χ1v) is 25.0. The number of hydrogen-bond acceptors (Lipinski definition) is 7. The molecule has 0 radical (unpaired) electrons. The van der Waals surface area contributed by atoms with Gasteiger partial charge in [-0.2, -0.15) is 0 Å². The first kappa shape index (κ1) is 45.0. The fourth-order valence-electron chi connectivity index (χ4n) is 4.83. The molecule has 1 aromatic rings. The van der Waals surface area contributed by atoms with Crippen LogP contribution in [0.1, 0.15) is 113 Å². The Labute approximate surface area is 304 Å². The molecule has 0 unspecified atom stereocenters. The summed E-state index contributed by atoms with van der Waals surface area (Å²) in [6, 6.07) is 0. The van der Waals surface area contributed by atoms with Crippen molar-refractivity contribution in [3.8, 4) is 0 Å². The highest BCUT2D eigenvalue weighted by molar-refractivity contribution is 8.01. The molecule has 5 atom stereocenters. The third kappa shape index (κ3) is 14.3. The minimum absolute atomic E-state index is 0.0234. The van der Waals surface area contributed by atoms with Crippen LogP contribution in [0, 0.1) is 12.8 Å². The number of hydrogen-bond donors (Lipinski definition) is 2. The second-order valence-corrected chi connectivity index (χ2v) is 29.8. The molecule has 0 amide bonds. The van der Waals surface area contributed by atoms with Gasteiger partial charge in [-0.05, 0) is 95.4 Å². The van der Waals surface area contributed by atoms with Gasteiger partial charge in [0.05, 0.1) is 35.4 Å². The average Bonchev–Trinajstić information content (AvgIpc) is 3.31. The maximum Gasteiger partial charge on any atom is 0.305 e. The molecule has 1 heterocycles. The first-order valence-electron chi connectivity index (χ1n) is 17.5. The molecule has 0 aliphatic carbocycles. The van der Waals surface area contributed by atoms with E-state index in [1.165, 1.54) is 5.57 Å². The van der Waals surface area contributed by atoms with Crippen LogP contribution in [-0.2, 0) is 13.6 Å². The fraction of sp³-hybridized carbons (Fsp3) is 0.737. The minimum atomic E-state index is -2.21. The summed E-state index contributed by atoms with van der Waals surface area (Å²) >= 11 is 3.41. The van der Waals surface area contributed by atoms with Crippen molar-refractivity contribution in [3.63, 3.8) is 0 Å². The number of carboxylic acids is 1. The average molecular weight is 740 g/mol. The number of carbonyl (C=O) groups is 1. The number of thioether (sulfide) groups is 1. The number of rotatable bonds is 18. The van der Waals surface area contributed by atoms with Gasteiger partial charge in [0.1, 0.15) is 0 Å². The van der Waals surface area contributed by atoms with E-state index in [2.05, 4.69) is 126 Å². The van der Waals surface area contributed by atoms with Crippen LogP contribution in [0.2, 0.25) is 36.3 Å². The Morgan fingerprint density at radius 3 is 2.02 bits per heavy atom. The van der Waals surface area contributed by atoms with Crippen molar-refractivity contribution < 1.29 is 23.9 Å². The number of aliphatic carboxylic acids is 1. The van der Waals surface area contributed by atoms with Gasteiger partial charge < -0.3 is 19.1 Å². The Kier molecular flexibility index (Phi) is 16.8. The SMILES string of the molecule is C/C(=C/C[C@H](O)/C(C)=C/c1csc(C)n1)C/C=C\[C@H](C)[C@H](O[Si](C)(C)C(C)(C)C)[C@@H](C)SC(C)(C)[C@@H](CC(=O)O)O[Si](C)(C)C(C)(C)C. The second-order valence-electron chi connectivity index (χ2n) is 17.2. The van der Waals surface area contributed by atoms with Crippen LogP contribution in [0.4, 0.5) is 0 Å². The molecule has 6 nitrogen and oxygen atoms in total. The Bertz CT molecular complexity index is 1270. The number of aromatic nitrogens is 1. The molecule has 0 spiro atoms. The van der Waals surface area contributed by atoms with Crippen molar-refractivity contribution in [1.29, 1.82) is 0 Å². The minimum Gasteiger partial charge on any atom is -0.481 e. The molecule has 0 saturated carbocycles. The predicted molar refractivity (Wildman–Crippen MR) is 215 cm³/mol. The number of aliphatic hydroxyl groups excluding tert-OH is 1. The zero-order chi connectivity index (χ0) is 37.5. The third-order valence-electron chi connectivity index (χ3n) is 10.2. The van der Waals surface area contributed by atoms with Crippen LogP contribution in [0.15, 0.2) is 34.8 Å². The summed E-state index contributed by atoms with van der Waals surface area (Å²) in [5.41, 5.74) is 3.02. The second kappa shape index (κ2) is 18.0. The van der Waals surface area contributed by atoms with Gasteiger partial charge in [-0.25, -0.2) is 4.98 Å². The summed E-state index contributed by atoms with van der Waals surface area (Å²) in [5.74, 6) is -0.691.